The smallest absolute Gasteiger partial charge is 0.406 e. The summed E-state index contributed by atoms with van der Waals surface area (Å²) in [7, 11) is 0. The molecule has 27 heavy (non-hydrogen) atoms. The molecule has 2 aromatic carbocycles. The van der Waals surface area contributed by atoms with Crippen LogP contribution in [0.1, 0.15) is 0 Å². The van der Waals surface area contributed by atoms with Crippen molar-refractivity contribution in [1.82, 2.24) is 20.2 Å². The van der Waals surface area contributed by atoms with Crippen molar-refractivity contribution < 1.29 is 22.7 Å². The van der Waals surface area contributed by atoms with Crippen LogP contribution in [-0.4, -0.2) is 38.2 Å². The van der Waals surface area contributed by atoms with Gasteiger partial charge in [-0.2, -0.15) is 4.68 Å². The Morgan fingerprint density at radius 1 is 1.11 bits per heavy atom. The summed E-state index contributed by atoms with van der Waals surface area (Å²) in [4.78, 5) is 12.0. The van der Waals surface area contributed by atoms with Gasteiger partial charge in [0.25, 0.3) is 0 Å². The van der Waals surface area contributed by atoms with Crippen molar-refractivity contribution >= 4 is 23.4 Å². The van der Waals surface area contributed by atoms with E-state index >= 15 is 0 Å². The van der Waals surface area contributed by atoms with Gasteiger partial charge in [-0.3, -0.25) is 4.79 Å². The molecule has 1 aromatic heterocycles. The van der Waals surface area contributed by atoms with E-state index < -0.39 is 6.36 Å². The number of benzene rings is 2. The molecule has 0 aliphatic heterocycles. The Morgan fingerprint density at radius 3 is 2.48 bits per heavy atom. The summed E-state index contributed by atoms with van der Waals surface area (Å²) in [5.74, 6) is -0.532. The summed E-state index contributed by atoms with van der Waals surface area (Å²) < 4.78 is 41.8. The first-order valence-corrected chi connectivity index (χ1v) is 8.51. The third kappa shape index (κ3) is 5.45. The van der Waals surface area contributed by atoms with Crippen LogP contribution in [0.3, 0.4) is 0 Å². The zero-order valence-corrected chi connectivity index (χ0v) is 14.4. The molecule has 0 saturated heterocycles. The molecule has 0 aliphatic rings. The molecule has 0 saturated carbocycles. The van der Waals surface area contributed by atoms with Crippen LogP contribution in [0.5, 0.6) is 5.75 Å². The molecule has 1 amide bonds. The van der Waals surface area contributed by atoms with Crippen LogP contribution in [-0.2, 0) is 4.79 Å². The minimum Gasteiger partial charge on any atom is -0.406 e. The number of ether oxygens (including phenoxy) is 1. The molecule has 3 aromatic rings. The highest BCUT2D eigenvalue weighted by Crippen LogP contribution is 2.25. The lowest BCUT2D eigenvalue weighted by atomic mass is 10.3. The number of hydrogen-bond acceptors (Lipinski definition) is 6. The number of thioether (sulfide) groups is 1. The van der Waals surface area contributed by atoms with E-state index in [9.17, 15) is 18.0 Å². The number of hydrogen-bond donors (Lipinski definition) is 1. The summed E-state index contributed by atoms with van der Waals surface area (Å²) >= 11 is 1.09. The van der Waals surface area contributed by atoms with Crippen LogP contribution < -0.4 is 10.1 Å². The predicted octanol–water partition coefficient (Wildman–Crippen LogP) is 3.29. The third-order valence-electron chi connectivity index (χ3n) is 3.15. The van der Waals surface area contributed by atoms with Crippen molar-refractivity contribution in [3.63, 3.8) is 0 Å². The van der Waals surface area contributed by atoms with Crippen molar-refractivity contribution in [3.05, 3.63) is 54.6 Å². The molecule has 1 heterocycles. The van der Waals surface area contributed by atoms with Gasteiger partial charge in [-0.05, 0) is 46.8 Å². The number of nitrogens with one attached hydrogen (secondary N) is 1. The maximum absolute atomic E-state index is 12.2. The number of para-hydroxylation sites is 1. The average molecular weight is 395 g/mol. The van der Waals surface area contributed by atoms with E-state index in [-0.39, 0.29) is 17.4 Å². The Kier molecular flexibility index (Phi) is 5.60. The van der Waals surface area contributed by atoms with E-state index in [1.165, 1.54) is 16.8 Å². The standard InChI is InChI=1S/C16H12F3N5O2S/c17-16(18,19)26-13-8-6-12(7-9-13)24-15(21-22-23-24)27-10-14(25)20-11-4-2-1-3-5-11/h1-9H,10H2,(H,20,25). The first-order chi connectivity index (χ1) is 12.9. The normalized spacial score (nSPS) is 11.2. The number of rotatable bonds is 6. The van der Waals surface area contributed by atoms with E-state index in [2.05, 4.69) is 25.6 Å². The fourth-order valence-electron chi connectivity index (χ4n) is 2.07. The highest BCUT2D eigenvalue weighted by atomic mass is 32.2. The number of aromatic nitrogens is 4. The fourth-order valence-corrected chi connectivity index (χ4v) is 2.76. The van der Waals surface area contributed by atoms with Gasteiger partial charge in [-0.15, -0.1) is 18.3 Å². The van der Waals surface area contributed by atoms with Gasteiger partial charge >= 0.3 is 6.36 Å². The Bertz CT molecular complexity index is 900. The summed E-state index contributed by atoms with van der Waals surface area (Å²) in [5.41, 5.74) is 1.10. The number of anilines is 1. The number of tetrazole rings is 1. The van der Waals surface area contributed by atoms with Gasteiger partial charge in [0.1, 0.15) is 5.75 Å². The summed E-state index contributed by atoms with van der Waals surface area (Å²) in [6.07, 6.45) is -4.76. The highest BCUT2D eigenvalue weighted by Gasteiger charge is 2.31. The first-order valence-electron chi connectivity index (χ1n) is 7.53. The summed E-state index contributed by atoms with van der Waals surface area (Å²) in [6.45, 7) is 0. The number of nitrogens with zero attached hydrogens (tertiary/aromatic N) is 4. The van der Waals surface area contributed by atoms with Crippen LogP contribution in [0.4, 0.5) is 18.9 Å². The predicted molar refractivity (Wildman–Crippen MR) is 91.6 cm³/mol. The van der Waals surface area contributed by atoms with E-state index in [1.54, 1.807) is 24.3 Å². The second-order valence-corrected chi connectivity index (χ2v) is 6.06. The van der Waals surface area contributed by atoms with Gasteiger partial charge in [0.2, 0.25) is 11.1 Å². The molecule has 0 spiro atoms. The number of alkyl halides is 3. The van der Waals surface area contributed by atoms with Crippen LogP contribution in [0.2, 0.25) is 0 Å². The lowest BCUT2D eigenvalue weighted by Gasteiger charge is -2.09. The Morgan fingerprint density at radius 2 is 1.81 bits per heavy atom. The van der Waals surface area contributed by atoms with Crippen molar-refractivity contribution in [1.29, 1.82) is 0 Å². The van der Waals surface area contributed by atoms with E-state index in [1.807, 2.05) is 6.07 Å². The molecule has 7 nitrogen and oxygen atoms in total. The van der Waals surface area contributed by atoms with Crippen molar-refractivity contribution in [3.8, 4) is 11.4 Å². The van der Waals surface area contributed by atoms with Crippen molar-refractivity contribution in [2.24, 2.45) is 0 Å². The zero-order chi connectivity index (χ0) is 19.3. The molecule has 0 fully saturated rings. The topological polar surface area (TPSA) is 81.9 Å². The molecule has 1 N–H and O–H groups in total. The molecule has 140 valence electrons. The summed E-state index contributed by atoms with van der Waals surface area (Å²) in [6, 6.07) is 14.0. The minimum absolute atomic E-state index is 0.0601. The van der Waals surface area contributed by atoms with Gasteiger partial charge in [0, 0.05) is 5.69 Å². The molecule has 0 bridgehead atoms. The largest absolute Gasteiger partial charge is 0.573 e. The molecule has 11 heteroatoms. The van der Waals surface area contributed by atoms with Gasteiger partial charge in [0.05, 0.1) is 11.4 Å². The maximum atomic E-state index is 12.2. The van der Waals surface area contributed by atoms with Gasteiger partial charge in [0.15, 0.2) is 0 Å². The zero-order valence-electron chi connectivity index (χ0n) is 13.6. The molecular formula is C16H12F3N5O2S. The van der Waals surface area contributed by atoms with Crippen LogP contribution in [0, 0.1) is 0 Å². The third-order valence-corrected chi connectivity index (χ3v) is 4.06. The lowest BCUT2D eigenvalue weighted by Crippen LogP contribution is -2.17. The van der Waals surface area contributed by atoms with Crippen molar-refractivity contribution in [2.75, 3.05) is 11.1 Å². The Balaban J connectivity index is 1.63. The Hall–Kier alpha value is -3.08. The highest BCUT2D eigenvalue weighted by molar-refractivity contribution is 7.99. The lowest BCUT2D eigenvalue weighted by molar-refractivity contribution is -0.274. The number of halogens is 3. The number of carbonyl (C=O) groups excluding carboxylic acids is 1. The SMILES string of the molecule is O=C(CSc1nnnn1-c1ccc(OC(F)(F)F)cc1)Nc1ccccc1. The van der Waals surface area contributed by atoms with Gasteiger partial charge in [-0.1, -0.05) is 30.0 Å². The number of amides is 1. The van der Waals surface area contributed by atoms with Crippen molar-refractivity contribution in [2.45, 2.75) is 11.5 Å². The average Bonchev–Trinajstić information content (AvgIpc) is 3.09. The molecule has 0 aliphatic carbocycles. The maximum Gasteiger partial charge on any atom is 0.573 e. The van der Waals surface area contributed by atoms with Crippen LogP contribution >= 0.6 is 11.8 Å². The molecule has 0 unspecified atom stereocenters. The van der Waals surface area contributed by atoms with E-state index in [0.29, 0.717) is 16.5 Å². The van der Waals surface area contributed by atoms with Crippen LogP contribution in [0.25, 0.3) is 5.69 Å². The summed E-state index contributed by atoms with van der Waals surface area (Å²) in [5, 5.41) is 14.2. The van der Waals surface area contributed by atoms with Gasteiger partial charge < -0.3 is 10.1 Å². The molecule has 3 rings (SSSR count). The quantitative estimate of drug-likeness (QED) is 0.645. The fraction of sp³-hybridized carbons (Fsp3) is 0.125. The monoisotopic (exact) mass is 395 g/mol. The van der Waals surface area contributed by atoms with E-state index in [4.69, 9.17) is 0 Å². The molecular weight excluding hydrogens is 383 g/mol. The second kappa shape index (κ2) is 8.08. The molecule has 0 atom stereocenters. The molecule has 0 radical (unpaired) electrons. The van der Waals surface area contributed by atoms with Gasteiger partial charge in [-0.25, -0.2) is 0 Å². The first kappa shape index (κ1) is 18.7. The van der Waals surface area contributed by atoms with E-state index in [0.717, 1.165) is 23.9 Å². The Labute approximate surface area is 155 Å². The minimum atomic E-state index is -4.76. The second-order valence-electron chi connectivity index (χ2n) is 5.12. The number of carbonyl (C=O) groups is 1. The van der Waals surface area contributed by atoms with Crippen LogP contribution in [0.15, 0.2) is 59.8 Å².